The lowest BCUT2D eigenvalue weighted by Gasteiger charge is -2.09. The van der Waals surface area contributed by atoms with E-state index < -0.39 is 0 Å². The number of nitrogens with zero attached hydrogens (tertiary/aromatic N) is 2. The fraction of sp³-hybridized carbons (Fsp3) is 0.400. The molecule has 5 heteroatoms. The molecule has 1 aromatic carbocycles. The van der Waals surface area contributed by atoms with Crippen molar-refractivity contribution in [1.29, 1.82) is 0 Å². The molecule has 0 saturated carbocycles. The predicted molar refractivity (Wildman–Crippen MR) is 77.0 cm³/mol. The molecule has 1 N–H and O–H groups in total. The van der Waals surface area contributed by atoms with E-state index in [0.29, 0.717) is 11.6 Å². The first-order valence-corrected chi connectivity index (χ1v) is 7.05. The molecule has 1 aromatic heterocycles. The van der Waals surface area contributed by atoms with Gasteiger partial charge in [0, 0.05) is 7.05 Å². The Bertz CT molecular complexity index is 652. The van der Waals surface area contributed by atoms with Crippen LogP contribution in [0.25, 0.3) is 0 Å². The van der Waals surface area contributed by atoms with Crippen LogP contribution in [0.4, 0.5) is 0 Å². The van der Waals surface area contributed by atoms with Gasteiger partial charge in [-0.2, -0.15) is 5.10 Å². The second kappa shape index (κ2) is 5.11. The summed E-state index contributed by atoms with van der Waals surface area (Å²) in [6.07, 6.45) is 1.37. The van der Waals surface area contributed by atoms with E-state index in [0.717, 1.165) is 35.5 Å². The molecule has 1 atom stereocenters. The highest BCUT2D eigenvalue weighted by atomic mass is 35.5. The standard InChI is InChI=1S/C15H17ClN2O2/c1-9-15(16)13(18(2)17-9)8-20-11-4-5-12-10(7-11)3-6-14(12)19/h4-5,7,14,19H,3,6,8H2,1-2H3. The first-order valence-electron chi connectivity index (χ1n) is 6.68. The maximum atomic E-state index is 9.79. The van der Waals surface area contributed by atoms with Crippen LogP contribution in [0.3, 0.4) is 0 Å². The lowest BCUT2D eigenvalue weighted by Crippen LogP contribution is -2.04. The van der Waals surface area contributed by atoms with Gasteiger partial charge < -0.3 is 9.84 Å². The van der Waals surface area contributed by atoms with E-state index >= 15 is 0 Å². The Labute approximate surface area is 122 Å². The third kappa shape index (κ3) is 2.30. The van der Waals surface area contributed by atoms with Crippen molar-refractivity contribution in [3.8, 4) is 5.75 Å². The Hall–Kier alpha value is -1.52. The Morgan fingerprint density at radius 2 is 2.30 bits per heavy atom. The van der Waals surface area contributed by atoms with Gasteiger partial charge in [0.15, 0.2) is 0 Å². The number of ether oxygens (including phenoxy) is 1. The highest BCUT2D eigenvalue weighted by molar-refractivity contribution is 6.31. The highest BCUT2D eigenvalue weighted by Gasteiger charge is 2.20. The average Bonchev–Trinajstić information content (AvgIpc) is 2.90. The van der Waals surface area contributed by atoms with Crippen molar-refractivity contribution in [2.24, 2.45) is 7.05 Å². The van der Waals surface area contributed by atoms with Crippen LogP contribution < -0.4 is 4.74 Å². The largest absolute Gasteiger partial charge is 0.487 e. The van der Waals surface area contributed by atoms with E-state index in [-0.39, 0.29) is 6.10 Å². The third-order valence-corrected chi connectivity index (χ3v) is 4.29. The second-order valence-electron chi connectivity index (χ2n) is 5.17. The van der Waals surface area contributed by atoms with Crippen LogP contribution in [-0.2, 0) is 20.1 Å². The van der Waals surface area contributed by atoms with Crippen LogP contribution in [0.1, 0.15) is 35.0 Å². The summed E-state index contributed by atoms with van der Waals surface area (Å²) < 4.78 is 7.55. The number of halogens is 1. The van der Waals surface area contributed by atoms with Gasteiger partial charge in [0.1, 0.15) is 12.4 Å². The van der Waals surface area contributed by atoms with Crippen LogP contribution in [0.2, 0.25) is 5.02 Å². The number of aromatic nitrogens is 2. The van der Waals surface area contributed by atoms with Gasteiger partial charge in [-0.25, -0.2) is 0 Å². The smallest absolute Gasteiger partial charge is 0.131 e. The molecule has 2 aromatic rings. The Kier molecular flexibility index (Phi) is 3.44. The van der Waals surface area contributed by atoms with Crippen LogP contribution >= 0.6 is 11.6 Å². The van der Waals surface area contributed by atoms with E-state index in [1.54, 1.807) is 4.68 Å². The topological polar surface area (TPSA) is 47.3 Å². The van der Waals surface area contributed by atoms with Gasteiger partial charge in [-0.3, -0.25) is 4.68 Å². The molecule has 1 heterocycles. The minimum absolute atomic E-state index is 0.326. The van der Waals surface area contributed by atoms with Gasteiger partial charge in [-0.1, -0.05) is 17.7 Å². The molecule has 3 rings (SSSR count). The average molecular weight is 293 g/mol. The molecule has 0 saturated heterocycles. The summed E-state index contributed by atoms with van der Waals surface area (Å²) >= 11 is 6.20. The summed E-state index contributed by atoms with van der Waals surface area (Å²) in [6.45, 7) is 2.26. The van der Waals surface area contributed by atoms with Crippen molar-refractivity contribution in [2.75, 3.05) is 0 Å². The second-order valence-corrected chi connectivity index (χ2v) is 5.55. The van der Waals surface area contributed by atoms with Gasteiger partial charge in [-0.15, -0.1) is 0 Å². The molecular weight excluding hydrogens is 276 g/mol. The number of aliphatic hydroxyl groups excluding tert-OH is 1. The van der Waals surface area contributed by atoms with Crippen LogP contribution in [0.5, 0.6) is 5.75 Å². The zero-order valence-corrected chi connectivity index (χ0v) is 12.3. The van der Waals surface area contributed by atoms with Crippen molar-refractivity contribution in [3.63, 3.8) is 0 Å². The van der Waals surface area contributed by atoms with Gasteiger partial charge in [-0.05, 0) is 43.0 Å². The number of hydrogen-bond acceptors (Lipinski definition) is 3. The van der Waals surface area contributed by atoms with Gasteiger partial charge >= 0.3 is 0 Å². The van der Waals surface area contributed by atoms with Gasteiger partial charge in [0.2, 0.25) is 0 Å². The third-order valence-electron chi connectivity index (χ3n) is 3.80. The summed E-state index contributed by atoms with van der Waals surface area (Å²) in [7, 11) is 1.86. The monoisotopic (exact) mass is 292 g/mol. The highest BCUT2D eigenvalue weighted by Crippen LogP contribution is 2.33. The summed E-state index contributed by atoms with van der Waals surface area (Å²) in [4.78, 5) is 0. The number of rotatable bonds is 3. The molecule has 1 aliphatic rings. The minimum atomic E-state index is -0.326. The molecule has 4 nitrogen and oxygen atoms in total. The fourth-order valence-corrected chi connectivity index (χ4v) is 2.86. The first-order chi connectivity index (χ1) is 9.56. The molecule has 0 fully saturated rings. The van der Waals surface area contributed by atoms with E-state index in [9.17, 15) is 5.11 Å². The number of aliphatic hydroxyl groups is 1. The Balaban J connectivity index is 1.76. The Morgan fingerprint density at radius 1 is 1.50 bits per heavy atom. The molecule has 1 aliphatic carbocycles. The lowest BCUT2D eigenvalue weighted by atomic mass is 10.1. The molecule has 106 valence electrons. The number of aryl methyl sites for hydroxylation is 3. The predicted octanol–water partition coefficient (Wildman–Crippen LogP) is 2.94. The van der Waals surface area contributed by atoms with E-state index in [1.165, 1.54) is 5.56 Å². The molecule has 20 heavy (non-hydrogen) atoms. The van der Waals surface area contributed by atoms with Crippen molar-refractivity contribution in [2.45, 2.75) is 32.5 Å². The van der Waals surface area contributed by atoms with Crippen molar-refractivity contribution < 1.29 is 9.84 Å². The quantitative estimate of drug-likeness (QED) is 0.946. The lowest BCUT2D eigenvalue weighted by molar-refractivity contribution is 0.180. The number of hydrogen-bond donors (Lipinski definition) is 1. The van der Waals surface area contributed by atoms with E-state index in [2.05, 4.69) is 5.10 Å². The molecular formula is C15H17ClN2O2. The van der Waals surface area contributed by atoms with Crippen molar-refractivity contribution in [1.82, 2.24) is 9.78 Å². The summed E-state index contributed by atoms with van der Waals surface area (Å²) in [5, 5.41) is 14.7. The molecule has 0 spiro atoms. The molecule has 0 amide bonds. The number of benzene rings is 1. The van der Waals surface area contributed by atoms with Crippen molar-refractivity contribution in [3.05, 3.63) is 45.7 Å². The Morgan fingerprint density at radius 3 is 3.00 bits per heavy atom. The van der Waals surface area contributed by atoms with Crippen molar-refractivity contribution >= 4 is 11.6 Å². The molecule has 0 radical (unpaired) electrons. The van der Waals surface area contributed by atoms with Gasteiger partial charge in [0.25, 0.3) is 0 Å². The first kappa shape index (κ1) is 13.5. The number of fused-ring (bicyclic) bond motifs is 1. The zero-order chi connectivity index (χ0) is 14.3. The van der Waals surface area contributed by atoms with Crippen LogP contribution in [-0.4, -0.2) is 14.9 Å². The normalized spacial score (nSPS) is 17.3. The fourth-order valence-electron chi connectivity index (χ4n) is 2.65. The van der Waals surface area contributed by atoms with E-state index in [1.807, 2.05) is 32.2 Å². The van der Waals surface area contributed by atoms with Gasteiger partial charge in [0.05, 0.1) is 22.5 Å². The summed E-state index contributed by atoms with van der Waals surface area (Å²) in [5.74, 6) is 0.799. The molecule has 0 aliphatic heterocycles. The summed E-state index contributed by atoms with van der Waals surface area (Å²) in [6, 6.07) is 5.84. The minimum Gasteiger partial charge on any atom is -0.487 e. The van der Waals surface area contributed by atoms with Crippen LogP contribution in [0.15, 0.2) is 18.2 Å². The SMILES string of the molecule is Cc1nn(C)c(COc2ccc3c(c2)CCC3O)c1Cl. The zero-order valence-electron chi connectivity index (χ0n) is 11.6. The maximum Gasteiger partial charge on any atom is 0.131 e. The molecule has 0 bridgehead atoms. The van der Waals surface area contributed by atoms with Crippen LogP contribution in [0, 0.1) is 6.92 Å². The molecule has 1 unspecified atom stereocenters. The maximum absolute atomic E-state index is 9.79. The van der Waals surface area contributed by atoms with E-state index in [4.69, 9.17) is 16.3 Å². The summed E-state index contributed by atoms with van der Waals surface area (Å²) in [5.41, 5.74) is 3.86.